The van der Waals surface area contributed by atoms with Gasteiger partial charge in [0.15, 0.2) is 0 Å². The molecule has 0 amide bonds. The summed E-state index contributed by atoms with van der Waals surface area (Å²) in [5, 5.41) is 0. The minimum absolute atomic E-state index is 0.154. The number of rotatable bonds is 5. The van der Waals surface area contributed by atoms with Gasteiger partial charge in [-0.2, -0.15) is 0 Å². The van der Waals surface area contributed by atoms with Crippen molar-refractivity contribution in [2.24, 2.45) is 0 Å². The summed E-state index contributed by atoms with van der Waals surface area (Å²) in [5.74, 6) is 0.403. The smallest absolute Gasteiger partial charge is 0.131 e. The van der Waals surface area contributed by atoms with Crippen LogP contribution in [0.2, 0.25) is 0 Å². The molecule has 0 fully saturated rings. The number of anilines is 1. The molecule has 0 aliphatic carbocycles. The van der Waals surface area contributed by atoms with Gasteiger partial charge in [-0.3, -0.25) is 0 Å². The molecule has 0 spiro atoms. The van der Waals surface area contributed by atoms with Crippen molar-refractivity contribution >= 4 is 5.69 Å². The van der Waals surface area contributed by atoms with Crippen molar-refractivity contribution in [2.75, 3.05) is 5.73 Å². The first-order valence-corrected chi connectivity index (χ1v) is 7.19. The lowest BCUT2D eigenvalue weighted by Gasteiger charge is -2.23. The Balaban J connectivity index is 2.04. The molecule has 0 atom stereocenters. The van der Waals surface area contributed by atoms with Crippen molar-refractivity contribution in [2.45, 2.75) is 39.2 Å². The molecule has 3 heteroatoms. The second-order valence-electron chi connectivity index (χ2n) is 5.90. The highest BCUT2D eigenvalue weighted by Gasteiger charge is 2.17. The summed E-state index contributed by atoms with van der Waals surface area (Å²) in [6.45, 7) is 6.80. The Morgan fingerprint density at radius 3 is 2.33 bits per heavy atom. The summed E-state index contributed by atoms with van der Waals surface area (Å²) in [4.78, 5) is 0. The van der Waals surface area contributed by atoms with Crippen LogP contribution in [0.3, 0.4) is 0 Å². The number of nitrogen functional groups attached to an aromatic ring is 1. The van der Waals surface area contributed by atoms with Gasteiger partial charge in [-0.15, -0.1) is 0 Å². The molecule has 0 saturated carbocycles. The van der Waals surface area contributed by atoms with Gasteiger partial charge in [0.2, 0.25) is 0 Å². The Morgan fingerprint density at radius 2 is 1.76 bits per heavy atom. The van der Waals surface area contributed by atoms with Crippen molar-refractivity contribution in [1.82, 2.24) is 0 Å². The van der Waals surface area contributed by atoms with E-state index in [0.29, 0.717) is 11.3 Å². The van der Waals surface area contributed by atoms with Crippen LogP contribution in [0, 0.1) is 5.82 Å². The van der Waals surface area contributed by atoms with E-state index in [2.05, 4.69) is 32.9 Å². The minimum Gasteiger partial charge on any atom is -0.489 e. The van der Waals surface area contributed by atoms with Gasteiger partial charge in [-0.25, -0.2) is 4.39 Å². The molecule has 0 unspecified atom stereocenters. The fourth-order valence-electron chi connectivity index (χ4n) is 2.05. The Bertz CT molecular complexity index is 605. The van der Waals surface area contributed by atoms with Gasteiger partial charge in [0.25, 0.3) is 0 Å². The lowest BCUT2D eigenvalue weighted by Crippen LogP contribution is -2.15. The van der Waals surface area contributed by atoms with E-state index in [1.807, 2.05) is 12.1 Å². The Kier molecular flexibility index (Phi) is 4.51. The predicted octanol–water partition coefficient (Wildman–Crippen LogP) is 4.67. The zero-order chi connectivity index (χ0) is 15.5. The third kappa shape index (κ3) is 3.75. The molecule has 2 aromatic carbocycles. The van der Waals surface area contributed by atoms with E-state index in [4.69, 9.17) is 10.5 Å². The van der Waals surface area contributed by atoms with E-state index >= 15 is 0 Å². The molecule has 2 N–H and O–H groups in total. The lowest BCUT2D eigenvalue weighted by atomic mass is 9.82. The van der Waals surface area contributed by atoms with Crippen LogP contribution in [0.1, 0.15) is 38.3 Å². The van der Waals surface area contributed by atoms with Crippen molar-refractivity contribution < 1.29 is 9.13 Å². The third-order valence-corrected chi connectivity index (χ3v) is 3.99. The number of benzene rings is 2. The van der Waals surface area contributed by atoms with Gasteiger partial charge in [0.1, 0.15) is 18.2 Å². The topological polar surface area (TPSA) is 35.2 Å². The second kappa shape index (κ2) is 6.17. The van der Waals surface area contributed by atoms with Crippen molar-refractivity contribution in [3.63, 3.8) is 0 Å². The van der Waals surface area contributed by atoms with E-state index in [1.54, 1.807) is 12.1 Å². The van der Waals surface area contributed by atoms with E-state index in [0.717, 1.165) is 12.2 Å². The first-order valence-electron chi connectivity index (χ1n) is 7.19. The molecular weight excluding hydrogens is 265 g/mol. The summed E-state index contributed by atoms with van der Waals surface area (Å²) in [7, 11) is 0. The molecular formula is C18H22FNO. The molecule has 0 aliphatic rings. The average Bonchev–Trinajstić information content (AvgIpc) is 2.47. The molecule has 0 bridgehead atoms. The molecule has 0 radical (unpaired) electrons. The fourth-order valence-corrected chi connectivity index (χ4v) is 2.05. The molecule has 0 aromatic heterocycles. The van der Waals surface area contributed by atoms with Gasteiger partial charge >= 0.3 is 0 Å². The van der Waals surface area contributed by atoms with Crippen molar-refractivity contribution in [3.05, 3.63) is 59.4 Å². The van der Waals surface area contributed by atoms with E-state index in [-0.39, 0.29) is 17.8 Å². The molecule has 2 rings (SSSR count). The second-order valence-corrected chi connectivity index (χ2v) is 5.90. The summed E-state index contributed by atoms with van der Waals surface area (Å²) >= 11 is 0. The Morgan fingerprint density at radius 1 is 1.10 bits per heavy atom. The quantitative estimate of drug-likeness (QED) is 0.811. The summed E-state index contributed by atoms with van der Waals surface area (Å²) in [6, 6.07) is 12.6. The molecule has 0 saturated heterocycles. The maximum Gasteiger partial charge on any atom is 0.131 e. The zero-order valence-corrected chi connectivity index (χ0v) is 12.8. The number of hydrogen-bond acceptors (Lipinski definition) is 2. The maximum atomic E-state index is 13.7. The Hall–Kier alpha value is -2.03. The molecule has 0 aliphatic heterocycles. The van der Waals surface area contributed by atoms with Gasteiger partial charge in [-0.1, -0.05) is 39.0 Å². The zero-order valence-electron chi connectivity index (χ0n) is 12.8. The lowest BCUT2D eigenvalue weighted by molar-refractivity contribution is 0.299. The SMILES string of the molecule is CCC(C)(C)c1ccc(OCc2ccc(N)cc2F)cc1. The summed E-state index contributed by atoms with van der Waals surface area (Å²) in [6.07, 6.45) is 1.07. The van der Waals surface area contributed by atoms with Crippen LogP contribution in [0.15, 0.2) is 42.5 Å². The maximum absolute atomic E-state index is 13.7. The normalized spacial score (nSPS) is 11.4. The predicted molar refractivity (Wildman–Crippen MR) is 84.9 cm³/mol. The van der Waals surface area contributed by atoms with E-state index in [9.17, 15) is 4.39 Å². The highest BCUT2D eigenvalue weighted by molar-refractivity contribution is 5.40. The molecule has 21 heavy (non-hydrogen) atoms. The monoisotopic (exact) mass is 287 g/mol. The van der Waals surface area contributed by atoms with Crippen molar-refractivity contribution in [1.29, 1.82) is 0 Å². The summed E-state index contributed by atoms with van der Waals surface area (Å²) < 4.78 is 19.3. The molecule has 112 valence electrons. The highest BCUT2D eigenvalue weighted by Crippen LogP contribution is 2.28. The van der Waals surface area contributed by atoms with Gasteiger partial charge in [0.05, 0.1) is 0 Å². The van der Waals surface area contributed by atoms with Crippen LogP contribution >= 0.6 is 0 Å². The first kappa shape index (κ1) is 15.4. The highest BCUT2D eigenvalue weighted by atomic mass is 19.1. The number of nitrogens with two attached hydrogens (primary N) is 1. The van der Waals surface area contributed by atoms with E-state index < -0.39 is 0 Å². The third-order valence-electron chi connectivity index (χ3n) is 3.99. The van der Waals surface area contributed by atoms with Gasteiger partial charge in [-0.05, 0) is 41.7 Å². The van der Waals surface area contributed by atoms with Crippen LogP contribution in [-0.2, 0) is 12.0 Å². The molecule has 2 nitrogen and oxygen atoms in total. The Labute approximate surface area is 125 Å². The van der Waals surface area contributed by atoms with Crippen LogP contribution < -0.4 is 10.5 Å². The van der Waals surface area contributed by atoms with Crippen LogP contribution in [-0.4, -0.2) is 0 Å². The first-order chi connectivity index (χ1) is 9.92. The average molecular weight is 287 g/mol. The standard InChI is InChI=1S/C18H22FNO/c1-4-18(2,3)14-6-9-16(10-7-14)21-12-13-5-8-15(20)11-17(13)19/h5-11H,4,12,20H2,1-3H3. The largest absolute Gasteiger partial charge is 0.489 e. The molecule has 2 aromatic rings. The number of ether oxygens (including phenoxy) is 1. The van der Waals surface area contributed by atoms with E-state index in [1.165, 1.54) is 11.6 Å². The number of hydrogen-bond donors (Lipinski definition) is 1. The van der Waals surface area contributed by atoms with Gasteiger partial charge < -0.3 is 10.5 Å². The molecule has 0 heterocycles. The summed E-state index contributed by atoms with van der Waals surface area (Å²) in [5.41, 5.74) is 7.87. The number of halogens is 1. The fraction of sp³-hybridized carbons (Fsp3) is 0.333. The minimum atomic E-state index is -0.335. The van der Waals surface area contributed by atoms with Gasteiger partial charge in [0, 0.05) is 11.3 Å². The van der Waals surface area contributed by atoms with Crippen molar-refractivity contribution in [3.8, 4) is 5.75 Å². The van der Waals surface area contributed by atoms with Crippen LogP contribution in [0.25, 0.3) is 0 Å². The van der Waals surface area contributed by atoms with Crippen LogP contribution in [0.5, 0.6) is 5.75 Å². The van der Waals surface area contributed by atoms with Crippen LogP contribution in [0.4, 0.5) is 10.1 Å².